The molecule has 2 fully saturated rings. The van der Waals surface area contributed by atoms with E-state index in [1.165, 1.54) is 0 Å². The Morgan fingerprint density at radius 3 is 2.39 bits per heavy atom. The number of phenolic OH excluding ortho intramolecular Hbond substituents is 1. The van der Waals surface area contributed by atoms with E-state index >= 15 is 0 Å². The Morgan fingerprint density at radius 2 is 1.71 bits per heavy atom. The van der Waals surface area contributed by atoms with Crippen molar-refractivity contribution in [2.75, 3.05) is 33.4 Å². The lowest BCUT2D eigenvalue weighted by atomic mass is 9.91. The molecule has 5 nitrogen and oxygen atoms in total. The molecule has 162 valence electrons. The van der Waals surface area contributed by atoms with Gasteiger partial charge >= 0.3 is 0 Å². The number of aromatic hydroxyl groups is 1. The molecule has 0 radical (unpaired) electrons. The van der Waals surface area contributed by atoms with Gasteiger partial charge in [-0.3, -0.25) is 0 Å². The molecule has 2 aromatic carbocycles. The van der Waals surface area contributed by atoms with E-state index in [0.29, 0.717) is 5.92 Å². The van der Waals surface area contributed by atoms with Crippen LogP contribution >= 0.6 is 0 Å². The Bertz CT molecular complexity index is 1000. The zero-order valence-corrected chi connectivity index (χ0v) is 18.1. The number of nitrogens with zero attached hydrogens (tertiary/aromatic N) is 2. The SMILES string of the molecule is CN(CC1CCOCC1)CC1(c2onc(-c3ccc(O)cc3)c2-c2ccccc2)CC1. The van der Waals surface area contributed by atoms with Gasteiger partial charge in [-0.2, -0.15) is 0 Å². The first-order valence-electron chi connectivity index (χ1n) is 11.3. The summed E-state index contributed by atoms with van der Waals surface area (Å²) in [7, 11) is 2.23. The van der Waals surface area contributed by atoms with Crippen LogP contribution in [0.15, 0.2) is 59.1 Å². The second-order valence-electron chi connectivity index (χ2n) is 9.18. The van der Waals surface area contributed by atoms with E-state index in [2.05, 4.69) is 41.4 Å². The first-order valence-corrected chi connectivity index (χ1v) is 11.3. The van der Waals surface area contributed by atoms with E-state index in [1.54, 1.807) is 12.1 Å². The molecule has 1 aliphatic carbocycles. The minimum Gasteiger partial charge on any atom is -0.508 e. The molecule has 1 aromatic heterocycles. The minimum absolute atomic E-state index is 0.0211. The minimum atomic E-state index is 0.0211. The number of likely N-dealkylation sites (N-methyl/N-ethyl adjacent to an activating group) is 1. The topological polar surface area (TPSA) is 58.7 Å². The molecule has 0 amide bonds. The van der Waals surface area contributed by atoms with Gasteiger partial charge in [-0.15, -0.1) is 0 Å². The molecule has 1 N–H and O–H groups in total. The van der Waals surface area contributed by atoms with Crippen molar-refractivity contribution < 1.29 is 14.4 Å². The third kappa shape index (κ3) is 4.25. The first kappa shape index (κ1) is 20.3. The Balaban J connectivity index is 1.46. The van der Waals surface area contributed by atoms with E-state index in [0.717, 1.165) is 80.1 Å². The van der Waals surface area contributed by atoms with Crippen LogP contribution in [0.3, 0.4) is 0 Å². The highest BCUT2D eigenvalue weighted by atomic mass is 16.5. The van der Waals surface area contributed by atoms with Crippen molar-refractivity contribution in [1.82, 2.24) is 10.1 Å². The average molecular weight is 419 g/mol. The Kier molecular flexibility index (Phi) is 5.55. The third-order valence-corrected chi connectivity index (χ3v) is 6.71. The molecule has 2 aliphatic rings. The number of benzene rings is 2. The average Bonchev–Trinajstić information content (AvgIpc) is 3.42. The van der Waals surface area contributed by atoms with Crippen molar-refractivity contribution >= 4 is 0 Å². The summed E-state index contributed by atoms with van der Waals surface area (Å²) < 4.78 is 11.6. The van der Waals surface area contributed by atoms with Crippen molar-refractivity contribution in [3.05, 3.63) is 60.4 Å². The summed E-state index contributed by atoms with van der Waals surface area (Å²) in [5.41, 5.74) is 4.04. The number of rotatable bonds is 7. The maximum atomic E-state index is 9.71. The highest BCUT2D eigenvalue weighted by molar-refractivity contribution is 5.83. The van der Waals surface area contributed by atoms with Crippen LogP contribution in [0.4, 0.5) is 0 Å². The van der Waals surface area contributed by atoms with Gasteiger partial charge in [-0.1, -0.05) is 35.5 Å². The third-order valence-electron chi connectivity index (χ3n) is 6.71. The summed E-state index contributed by atoms with van der Waals surface area (Å²) in [6, 6.07) is 17.6. The Hall–Kier alpha value is -2.63. The number of hydrogen-bond acceptors (Lipinski definition) is 5. The maximum Gasteiger partial charge on any atom is 0.152 e. The van der Waals surface area contributed by atoms with Crippen LogP contribution < -0.4 is 0 Å². The van der Waals surface area contributed by atoms with Crippen molar-refractivity contribution in [2.24, 2.45) is 5.92 Å². The summed E-state index contributed by atoms with van der Waals surface area (Å²) in [4.78, 5) is 2.47. The second-order valence-corrected chi connectivity index (χ2v) is 9.18. The van der Waals surface area contributed by atoms with E-state index < -0.39 is 0 Å². The van der Waals surface area contributed by atoms with Gasteiger partial charge in [-0.05, 0) is 68.5 Å². The van der Waals surface area contributed by atoms with Crippen molar-refractivity contribution in [2.45, 2.75) is 31.1 Å². The lowest BCUT2D eigenvalue weighted by Crippen LogP contribution is -2.35. The predicted molar refractivity (Wildman–Crippen MR) is 121 cm³/mol. The van der Waals surface area contributed by atoms with E-state index in [9.17, 15) is 5.11 Å². The molecular weight excluding hydrogens is 388 g/mol. The molecule has 1 saturated carbocycles. The van der Waals surface area contributed by atoms with E-state index in [1.807, 2.05) is 18.2 Å². The second kappa shape index (κ2) is 8.48. The Labute approximate surface area is 183 Å². The number of aromatic nitrogens is 1. The highest BCUT2D eigenvalue weighted by Crippen LogP contribution is 2.53. The molecule has 1 aliphatic heterocycles. The van der Waals surface area contributed by atoms with Crippen LogP contribution in [-0.4, -0.2) is 48.5 Å². The molecule has 0 atom stereocenters. The van der Waals surface area contributed by atoms with E-state index in [-0.39, 0.29) is 11.2 Å². The molecule has 0 bridgehead atoms. The molecule has 31 heavy (non-hydrogen) atoms. The fourth-order valence-corrected chi connectivity index (χ4v) is 4.90. The van der Waals surface area contributed by atoms with Gasteiger partial charge < -0.3 is 19.3 Å². The molecule has 1 saturated heterocycles. The number of ether oxygens (including phenoxy) is 1. The summed E-state index contributed by atoms with van der Waals surface area (Å²) in [6.07, 6.45) is 4.55. The monoisotopic (exact) mass is 418 g/mol. The Morgan fingerprint density at radius 1 is 1.00 bits per heavy atom. The first-order chi connectivity index (χ1) is 15.1. The van der Waals surface area contributed by atoms with Crippen LogP contribution in [0.5, 0.6) is 5.75 Å². The van der Waals surface area contributed by atoms with Crippen LogP contribution in [0.25, 0.3) is 22.4 Å². The maximum absolute atomic E-state index is 9.71. The molecule has 5 rings (SSSR count). The van der Waals surface area contributed by atoms with Crippen LogP contribution in [0.1, 0.15) is 31.4 Å². The van der Waals surface area contributed by atoms with Crippen molar-refractivity contribution in [3.8, 4) is 28.1 Å². The number of hydrogen-bond donors (Lipinski definition) is 1. The fraction of sp³-hybridized carbons (Fsp3) is 0.423. The van der Waals surface area contributed by atoms with Crippen molar-refractivity contribution in [1.29, 1.82) is 0 Å². The van der Waals surface area contributed by atoms with Gasteiger partial charge in [0.25, 0.3) is 0 Å². The van der Waals surface area contributed by atoms with Gasteiger partial charge in [0, 0.05) is 37.3 Å². The van der Waals surface area contributed by atoms with Crippen LogP contribution in [0, 0.1) is 5.92 Å². The molecular formula is C26H30N2O3. The van der Waals surface area contributed by atoms with Gasteiger partial charge in [0.05, 0.1) is 5.56 Å². The normalized spacial score (nSPS) is 18.4. The summed E-state index contributed by atoms with van der Waals surface area (Å²) >= 11 is 0. The largest absolute Gasteiger partial charge is 0.508 e. The molecule has 5 heteroatoms. The van der Waals surface area contributed by atoms with Gasteiger partial charge in [0.2, 0.25) is 0 Å². The van der Waals surface area contributed by atoms with Gasteiger partial charge in [0.15, 0.2) is 5.76 Å². The van der Waals surface area contributed by atoms with Gasteiger partial charge in [-0.25, -0.2) is 0 Å². The quantitative estimate of drug-likeness (QED) is 0.578. The zero-order valence-electron chi connectivity index (χ0n) is 18.1. The summed E-state index contributed by atoms with van der Waals surface area (Å²) in [6.45, 7) is 3.86. The lowest BCUT2D eigenvalue weighted by molar-refractivity contribution is 0.0544. The van der Waals surface area contributed by atoms with Crippen molar-refractivity contribution in [3.63, 3.8) is 0 Å². The lowest BCUT2D eigenvalue weighted by Gasteiger charge is -2.29. The molecule has 3 aromatic rings. The van der Waals surface area contributed by atoms with Gasteiger partial charge in [0.1, 0.15) is 11.4 Å². The smallest absolute Gasteiger partial charge is 0.152 e. The standard InChI is InChI=1S/C26H30N2O3/c1-28(17-19-11-15-30-16-12-19)18-26(13-14-26)25-23(20-5-3-2-4-6-20)24(27-31-25)21-7-9-22(29)10-8-21/h2-10,19,29H,11-18H2,1H3. The predicted octanol–water partition coefficient (Wildman–Crippen LogP) is 5.10. The fourth-order valence-electron chi connectivity index (χ4n) is 4.90. The molecule has 0 unspecified atom stereocenters. The van der Waals surface area contributed by atoms with E-state index in [4.69, 9.17) is 9.26 Å². The molecule has 0 spiro atoms. The van der Waals surface area contributed by atoms with Crippen LogP contribution in [0.2, 0.25) is 0 Å². The highest BCUT2D eigenvalue weighted by Gasteiger charge is 2.50. The van der Waals surface area contributed by atoms with Crippen LogP contribution in [-0.2, 0) is 10.2 Å². The summed E-state index contributed by atoms with van der Waals surface area (Å²) in [5, 5.41) is 14.2. The summed E-state index contributed by atoms with van der Waals surface area (Å²) in [5.74, 6) is 1.97. The molecule has 2 heterocycles. The zero-order chi connectivity index (χ0) is 21.3. The number of phenols is 1.